The fourth-order valence-electron chi connectivity index (χ4n) is 8.19. The van der Waals surface area contributed by atoms with E-state index in [1.54, 1.807) is 0 Å². The first kappa shape index (κ1) is 66.3. The minimum atomic E-state index is -1.24. The molecule has 93 heavy (non-hydrogen) atoms. The molecule has 4 atom stereocenters. The molecule has 0 aromatic carbocycles. The Morgan fingerprint density at radius 2 is 0.613 bits per heavy atom. The number of aromatic carboxylic acids is 1. The summed E-state index contributed by atoms with van der Waals surface area (Å²) >= 11 is 0. The molecule has 0 fully saturated rings. The summed E-state index contributed by atoms with van der Waals surface area (Å²) in [5.41, 5.74) is 14.0. The Hall–Kier alpha value is -11.1. The molecule has 0 radical (unpaired) electrons. The molecular formula is C57H55LiN16O19. The van der Waals surface area contributed by atoms with Crippen LogP contribution in [0.2, 0.25) is 0 Å². The third-order valence-electron chi connectivity index (χ3n) is 13.4. The fourth-order valence-corrected chi connectivity index (χ4v) is 8.19. The SMILES string of the molecule is CC(C)C(N)c1nc(-c2nc(-c3nc(C(=O)NC(c4nc(-c5nc(-c6nc(C(=O)O)co6)co5)co4)C(C)C)co3)co2)co1.COC(=O)c1coc(-c2coc(-c3coc(C(NC(=O)c4coc(-c5coc(-c6coc(C(N)C(C)C)n6)n5)n4)C(C)C)n3)n2)n1.[Li+].[OH-]. The third kappa shape index (κ3) is 14.4. The molecule has 0 aliphatic carbocycles. The molecule has 0 aliphatic rings. The summed E-state index contributed by atoms with van der Waals surface area (Å²) in [5, 5.41) is 14.8. The smallest absolute Gasteiger partial charge is 0.870 e. The monoisotopic (exact) mass is 1270 g/mol. The number of carbonyl (C=O) groups excluding carboxylic acids is 3. The summed E-state index contributed by atoms with van der Waals surface area (Å²) in [6.07, 6.45) is 15.2. The first-order valence-corrected chi connectivity index (χ1v) is 27.6. The van der Waals surface area contributed by atoms with E-state index in [2.05, 4.69) is 75.2 Å². The van der Waals surface area contributed by atoms with Gasteiger partial charge in [0.25, 0.3) is 11.8 Å². The zero-order chi connectivity index (χ0) is 64.4. The number of esters is 1. The van der Waals surface area contributed by atoms with Crippen molar-refractivity contribution in [2.45, 2.75) is 79.6 Å². The summed E-state index contributed by atoms with van der Waals surface area (Å²) in [4.78, 5) is 100. The van der Waals surface area contributed by atoms with Gasteiger partial charge in [0.05, 0.1) is 19.2 Å². The summed E-state index contributed by atoms with van der Waals surface area (Å²) in [7, 11) is 1.23. The van der Waals surface area contributed by atoms with E-state index in [0.717, 1.165) is 12.5 Å². The van der Waals surface area contributed by atoms with Crippen molar-refractivity contribution in [1.29, 1.82) is 0 Å². The Kier molecular flexibility index (Phi) is 19.9. The first-order valence-electron chi connectivity index (χ1n) is 27.6. The fraction of sp³-hybridized carbons (Fsp3) is 0.298. The topological polar surface area (TPSA) is 516 Å². The van der Waals surface area contributed by atoms with Crippen LogP contribution in [0.1, 0.15) is 145 Å². The predicted octanol–water partition coefficient (Wildman–Crippen LogP) is 6.44. The van der Waals surface area contributed by atoms with Crippen LogP contribution >= 0.6 is 0 Å². The van der Waals surface area contributed by atoms with Crippen molar-refractivity contribution in [2.24, 2.45) is 35.1 Å². The van der Waals surface area contributed by atoms with Crippen molar-refractivity contribution in [3.05, 3.63) is 121 Å². The molecule has 12 aromatic heterocycles. The van der Waals surface area contributed by atoms with Gasteiger partial charge in [0.1, 0.15) is 87.2 Å². The maximum atomic E-state index is 13.2. The molecule has 478 valence electrons. The second-order valence-electron chi connectivity index (χ2n) is 21.3. The second-order valence-corrected chi connectivity index (χ2v) is 21.3. The minimum absolute atomic E-state index is 0. The van der Waals surface area contributed by atoms with Gasteiger partial charge in [-0.05, 0) is 23.7 Å². The number of amides is 2. The minimum Gasteiger partial charge on any atom is -0.870 e. The summed E-state index contributed by atoms with van der Waals surface area (Å²) < 4.78 is 70.4. The maximum absolute atomic E-state index is 13.2. The molecule has 0 bridgehead atoms. The number of carboxylic acid groups (broad SMARTS) is 1. The maximum Gasteiger partial charge on any atom is 1.00 e. The van der Waals surface area contributed by atoms with Crippen molar-refractivity contribution < 1.29 is 106 Å². The van der Waals surface area contributed by atoms with E-state index in [-0.39, 0.29) is 176 Å². The Labute approximate surface area is 534 Å². The van der Waals surface area contributed by atoms with Gasteiger partial charge in [-0.25, -0.2) is 69.4 Å². The number of hydrogen-bond acceptors (Lipinski definition) is 32. The molecule has 0 spiro atoms. The normalized spacial score (nSPS) is 12.7. The summed E-state index contributed by atoms with van der Waals surface area (Å²) in [5.74, 6) is -1.24. The van der Waals surface area contributed by atoms with Crippen molar-refractivity contribution in [3.63, 3.8) is 0 Å². The zero-order valence-electron chi connectivity index (χ0n) is 50.9. The largest absolute Gasteiger partial charge is 1.00 e. The molecule has 2 amide bonds. The van der Waals surface area contributed by atoms with Gasteiger partial charge >= 0.3 is 30.8 Å². The van der Waals surface area contributed by atoms with Gasteiger partial charge in [-0.2, -0.15) is 0 Å². The number of carboxylic acids is 1. The molecule has 0 saturated heterocycles. The van der Waals surface area contributed by atoms with Crippen LogP contribution in [0.25, 0.3) is 92.7 Å². The molecule has 8 N–H and O–H groups in total. The molecular weight excluding hydrogens is 1220 g/mol. The molecule has 12 aromatic rings. The van der Waals surface area contributed by atoms with E-state index < -0.39 is 35.8 Å². The zero-order valence-corrected chi connectivity index (χ0v) is 50.9. The van der Waals surface area contributed by atoms with Crippen LogP contribution < -0.4 is 41.0 Å². The molecule has 4 unspecified atom stereocenters. The van der Waals surface area contributed by atoms with Gasteiger partial charge in [-0.3, -0.25) is 9.59 Å². The van der Waals surface area contributed by atoms with Gasteiger partial charge in [-0.15, -0.1) is 0 Å². The Bertz CT molecular complexity index is 4500. The van der Waals surface area contributed by atoms with Gasteiger partial charge < -0.3 is 90.4 Å². The van der Waals surface area contributed by atoms with E-state index >= 15 is 0 Å². The van der Waals surface area contributed by atoms with Crippen LogP contribution in [-0.4, -0.2) is 101 Å². The number of rotatable bonds is 22. The van der Waals surface area contributed by atoms with E-state index in [1.807, 2.05) is 55.4 Å². The Morgan fingerprint density at radius 3 is 0.914 bits per heavy atom. The van der Waals surface area contributed by atoms with E-state index in [0.29, 0.717) is 23.2 Å². The number of hydrogen-bond donors (Lipinski definition) is 5. The number of nitrogens with two attached hydrogens (primary N) is 2. The first-order chi connectivity index (χ1) is 43.7. The third-order valence-corrected chi connectivity index (χ3v) is 13.4. The average Bonchev–Trinajstić information content (AvgIpc) is 2.36. The van der Waals surface area contributed by atoms with Crippen molar-refractivity contribution in [1.82, 2.24) is 70.4 Å². The molecule has 12 heterocycles. The number of methoxy groups -OCH3 is 1. The number of ether oxygens (including phenoxy) is 1. The quantitative estimate of drug-likeness (QED) is 0.0360. The van der Waals surface area contributed by atoms with Crippen LogP contribution in [0, 0.1) is 23.7 Å². The molecule has 35 nitrogen and oxygen atoms in total. The number of carbonyl (C=O) groups is 4. The summed E-state index contributed by atoms with van der Waals surface area (Å²) in [6.45, 7) is 15.3. The Balaban J connectivity index is 0.000000215. The van der Waals surface area contributed by atoms with E-state index in [9.17, 15) is 19.2 Å². The molecule has 0 aliphatic heterocycles. The number of nitrogens with zero attached hydrogens (tertiary/aromatic N) is 12. The number of oxazole rings is 12. The predicted molar refractivity (Wildman–Crippen MR) is 304 cm³/mol. The Morgan fingerprint density at radius 1 is 0.366 bits per heavy atom. The van der Waals surface area contributed by atoms with Crippen molar-refractivity contribution >= 4 is 23.8 Å². The van der Waals surface area contributed by atoms with E-state index in [4.69, 9.17) is 69.6 Å². The van der Waals surface area contributed by atoms with Crippen LogP contribution in [0.4, 0.5) is 0 Å². The number of nitrogens with one attached hydrogen (secondary N) is 2. The van der Waals surface area contributed by atoms with Crippen LogP contribution in [0.15, 0.2) is 128 Å². The molecule has 36 heteroatoms. The van der Waals surface area contributed by atoms with E-state index in [1.165, 1.54) is 69.7 Å². The van der Waals surface area contributed by atoms with Crippen molar-refractivity contribution in [2.75, 3.05) is 7.11 Å². The number of aromatic nitrogens is 12. The second kappa shape index (κ2) is 27.9. The summed E-state index contributed by atoms with van der Waals surface area (Å²) in [6, 6.07) is -2.07. The van der Waals surface area contributed by atoms with Crippen molar-refractivity contribution in [3.8, 4) is 92.7 Å². The van der Waals surface area contributed by atoms with Crippen LogP contribution in [0.5, 0.6) is 0 Å². The van der Waals surface area contributed by atoms with Crippen LogP contribution in [-0.2, 0) is 4.74 Å². The van der Waals surface area contributed by atoms with Gasteiger partial charge in [0.15, 0.2) is 68.3 Å². The average molecular weight is 1280 g/mol. The van der Waals surface area contributed by atoms with Gasteiger partial charge in [0, 0.05) is 0 Å². The molecule has 0 saturated carbocycles. The van der Waals surface area contributed by atoms with Crippen LogP contribution in [0.3, 0.4) is 0 Å². The standard InChI is InChI=1S/C29H28N8O9.C28H26N8O9.Li.H2O/c1-12(2)20(30)27-34-17(9-45-27)24-32-15(7-42-24)23-31-14(6-41-23)22(38)37-21(13(3)4)28-35-18(10-46-28)25-33-16(8-43-25)26-36-19(11-44-26)29(39)40-5;1-11(2)19(29)26-33-16(8-44-26)23-31-14(6-41-23)22-30-13(5-40-22)21(37)36-20(12(3)4)27-34-17(9-45-27)24-32-15(7-42-24)25-35-18(10-43-25)28(38)39;;/h6-13,20-21H,30H2,1-5H3,(H,37,38);5-12,19-20H,29H2,1-4H3,(H,36,37)(H,38,39);;1H2/q;;+1;/p-1. The molecule has 12 rings (SSSR count). The van der Waals surface area contributed by atoms with Gasteiger partial charge in [-0.1, -0.05) is 55.4 Å². The van der Waals surface area contributed by atoms with Gasteiger partial charge in [0.2, 0.25) is 70.7 Å².